The van der Waals surface area contributed by atoms with Gasteiger partial charge in [0.05, 0.1) is 5.56 Å². The normalized spacial score (nSPS) is 13.8. The van der Waals surface area contributed by atoms with Gasteiger partial charge in [-0.1, -0.05) is 35.0 Å². The van der Waals surface area contributed by atoms with Gasteiger partial charge < -0.3 is 0 Å². The summed E-state index contributed by atoms with van der Waals surface area (Å²) in [7, 11) is 0. The zero-order valence-corrected chi connectivity index (χ0v) is 10.6. The molecule has 1 aromatic rings. The van der Waals surface area contributed by atoms with Crippen molar-refractivity contribution in [1.82, 2.24) is 0 Å². The fraction of sp³-hybridized carbons (Fsp3) is 0.500. The summed E-state index contributed by atoms with van der Waals surface area (Å²) in [5.41, 5.74) is 0.380. The Morgan fingerprint density at radius 2 is 1.75 bits per heavy atom. The summed E-state index contributed by atoms with van der Waals surface area (Å²) in [5.74, 6) is 0.544. The molecular weight excluding hydrogens is 281 g/mol. The van der Waals surface area contributed by atoms with Crippen molar-refractivity contribution in [2.45, 2.75) is 25.9 Å². The van der Waals surface area contributed by atoms with E-state index in [4.69, 9.17) is 0 Å². The van der Waals surface area contributed by atoms with Crippen LogP contribution >= 0.6 is 15.9 Å². The van der Waals surface area contributed by atoms with E-state index >= 15 is 0 Å². The molecule has 1 atom stereocenters. The largest absolute Gasteiger partial charge is 0.416 e. The molecule has 0 aromatic heterocycles. The second-order valence-electron chi connectivity index (χ2n) is 3.99. The summed E-state index contributed by atoms with van der Waals surface area (Å²) < 4.78 is 36.8. The van der Waals surface area contributed by atoms with Crippen LogP contribution in [0.25, 0.3) is 0 Å². The Bertz CT molecular complexity index is 316. The van der Waals surface area contributed by atoms with Crippen molar-refractivity contribution in [2.24, 2.45) is 5.92 Å². The Balaban J connectivity index is 2.58. The van der Waals surface area contributed by atoms with Crippen molar-refractivity contribution in [1.29, 1.82) is 0 Å². The molecule has 4 heteroatoms. The fourth-order valence-corrected chi connectivity index (χ4v) is 1.67. The molecule has 90 valence electrons. The molecule has 0 nitrogen and oxygen atoms in total. The second-order valence-corrected chi connectivity index (χ2v) is 4.64. The zero-order valence-electron chi connectivity index (χ0n) is 9.02. The van der Waals surface area contributed by atoms with E-state index in [-0.39, 0.29) is 0 Å². The van der Waals surface area contributed by atoms with Crippen molar-refractivity contribution in [2.75, 3.05) is 5.33 Å². The Hall–Kier alpha value is -0.510. The summed E-state index contributed by atoms with van der Waals surface area (Å²) in [6.07, 6.45) is -2.43. The van der Waals surface area contributed by atoms with Gasteiger partial charge in [-0.3, -0.25) is 0 Å². The average Bonchev–Trinajstić information content (AvgIpc) is 2.25. The summed E-state index contributed by atoms with van der Waals surface area (Å²) >= 11 is 3.38. The molecule has 0 heterocycles. The van der Waals surface area contributed by atoms with Gasteiger partial charge in [-0.15, -0.1) is 0 Å². The number of benzene rings is 1. The van der Waals surface area contributed by atoms with E-state index in [1.807, 2.05) is 0 Å². The highest BCUT2D eigenvalue weighted by Crippen LogP contribution is 2.29. The van der Waals surface area contributed by atoms with Crippen molar-refractivity contribution in [3.05, 3.63) is 35.4 Å². The highest BCUT2D eigenvalue weighted by molar-refractivity contribution is 9.09. The summed E-state index contributed by atoms with van der Waals surface area (Å²) in [6, 6.07) is 5.41. The third-order valence-electron chi connectivity index (χ3n) is 2.47. The van der Waals surface area contributed by atoms with Gasteiger partial charge in [0.1, 0.15) is 0 Å². The van der Waals surface area contributed by atoms with E-state index < -0.39 is 11.7 Å². The maximum atomic E-state index is 12.3. The first kappa shape index (κ1) is 13.6. The highest BCUT2D eigenvalue weighted by Gasteiger charge is 2.29. The maximum absolute atomic E-state index is 12.3. The number of halogens is 4. The first-order valence-electron chi connectivity index (χ1n) is 5.15. The minimum atomic E-state index is -4.23. The number of hydrogen-bond donors (Lipinski definition) is 0. The summed E-state index contributed by atoms with van der Waals surface area (Å²) in [6.45, 7) is 2.11. The van der Waals surface area contributed by atoms with Crippen LogP contribution in [0.5, 0.6) is 0 Å². The van der Waals surface area contributed by atoms with Crippen LogP contribution in [0.3, 0.4) is 0 Å². The lowest BCUT2D eigenvalue weighted by Crippen LogP contribution is -2.05. The number of rotatable bonds is 4. The van der Waals surface area contributed by atoms with Gasteiger partial charge in [-0.25, -0.2) is 0 Å². The predicted molar refractivity (Wildman–Crippen MR) is 62.7 cm³/mol. The van der Waals surface area contributed by atoms with Gasteiger partial charge in [0.15, 0.2) is 0 Å². The molecule has 1 unspecified atom stereocenters. The molecular formula is C12H14BrF3. The first-order valence-corrected chi connectivity index (χ1v) is 6.27. The smallest absolute Gasteiger partial charge is 0.166 e. The molecule has 0 radical (unpaired) electrons. The monoisotopic (exact) mass is 294 g/mol. The molecule has 1 rings (SSSR count). The van der Waals surface area contributed by atoms with Crippen LogP contribution in [0.2, 0.25) is 0 Å². The van der Waals surface area contributed by atoms with E-state index in [1.54, 1.807) is 12.1 Å². The second kappa shape index (κ2) is 5.71. The van der Waals surface area contributed by atoms with Crippen LogP contribution in [0.4, 0.5) is 13.2 Å². The Morgan fingerprint density at radius 3 is 2.19 bits per heavy atom. The number of aryl methyl sites for hydroxylation is 1. The Morgan fingerprint density at radius 1 is 1.19 bits per heavy atom. The maximum Gasteiger partial charge on any atom is 0.416 e. The Labute approximate surface area is 102 Å². The van der Waals surface area contributed by atoms with Gasteiger partial charge in [0.2, 0.25) is 0 Å². The van der Waals surface area contributed by atoms with Gasteiger partial charge in [0.25, 0.3) is 0 Å². The Kier molecular flexibility index (Phi) is 4.84. The molecule has 0 saturated heterocycles. The molecule has 0 aliphatic heterocycles. The molecule has 0 fully saturated rings. The van der Waals surface area contributed by atoms with Crippen LogP contribution in [0.15, 0.2) is 24.3 Å². The lowest BCUT2D eigenvalue weighted by Gasteiger charge is -2.09. The quantitative estimate of drug-likeness (QED) is 0.708. The van der Waals surface area contributed by atoms with Gasteiger partial charge >= 0.3 is 6.18 Å². The SMILES string of the molecule is CC(CBr)CCc1ccc(C(F)(F)F)cc1. The minimum Gasteiger partial charge on any atom is -0.166 e. The fourth-order valence-electron chi connectivity index (χ4n) is 1.35. The lowest BCUT2D eigenvalue weighted by atomic mass is 10.0. The van der Waals surface area contributed by atoms with E-state index in [1.165, 1.54) is 0 Å². The highest BCUT2D eigenvalue weighted by atomic mass is 79.9. The van der Waals surface area contributed by atoms with Gasteiger partial charge in [-0.2, -0.15) is 13.2 Å². The van der Waals surface area contributed by atoms with E-state index in [9.17, 15) is 13.2 Å². The van der Waals surface area contributed by atoms with Crippen LogP contribution in [0.1, 0.15) is 24.5 Å². The first-order chi connectivity index (χ1) is 7.43. The minimum absolute atomic E-state index is 0.544. The lowest BCUT2D eigenvalue weighted by molar-refractivity contribution is -0.137. The van der Waals surface area contributed by atoms with E-state index in [2.05, 4.69) is 22.9 Å². The van der Waals surface area contributed by atoms with Crippen LogP contribution in [-0.4, -0.2) is 5.33 Å². The van der Waals surface area contributed by atoms with E-state index in [0.717, 1.165) is 35.9 Å². The van der Waals surface area contributed by atoms with Crippen molar-refractivity contribution >= 4 is 15.9 Å². The van der Waals surface area contributed by atoms with Crippen molar-refractivity contribution in [3.63, 3.8) is 0 Å². The molecule has 0 amide bonds. The molecule has 0 N–H and O–H groups in total. The van der Waals surface area contributed by atoms with Crippen LogP contribution in [0, 0.1) is 5.92 Å². The molecule has 0 spiro atoms. The van der Waals surface area contributed by atoms with Crippen molar-refractivity contribution < 1.29 is 13.2 Å². The summed E-state index contributed by atoms with van der Waals surface area (Å²) in [4.78, 5) is 0. The molecule has 0 bridgehead atoms. The molecule has 0 aliphatic rings. The van der Waals surface area contributed by atoms with Gasteiger partial charge in [0, 0.05) is 5.33 Å². The van der Waals surface area contributed by atoms with Crippen LogP contribution in [-0.2, 0) is 12.6 Å². The molecule has 16 heavy (non-hydrogen) atoms. The third kappa shape index (κ3) is 4.16. The summed E-state index contributed by atoms with van der Waals surface area (Å²) in [5, 5.41) is 0.924. The predicted octanol–water partition coefficient (Wildman–Crippen LogP) is 4.67. The standard InChI is InChI=1S/C12H14BrF3/c1-9(8-13)2-3-10-4-6-11(7-5-10)12(14,15)16/h4-7,9H,2-3,8H2,1H3. The van der Waals surface area contributed by atoms with Crippen LogP contribution < -0.4 is 0 Å². The molecule has 0 aliphatic carbocycles. The zero-order chi connectivity index (χ0) is 12.2. The number of alkyl halides is 4. The van der Waals surface area contributed by atoms with Crippen molar-refractivity contribution in [3.8, 4) is 0 Å². The average molecular weight is 295 g/mol. The topological polar surface area (TPSA) is 0 Å². The molecule has 0 saturated carbocycles. The number of hydrogen-bond acceptors (Lipinski definition) is 0. The molecule has 1 aromatic carbocycles. The third-order valence-corrected chi connectivity index (χ3v) is 3.58. The van der Waals surface area contributed by atoms with E-state index in [0.29, 0.717) is 5.92 Å². The van der Waals surface area contributed by atoms with Gasteiger partial charge in [-0.05, 0) is 36.5 Å².